The van der Waals surface area contributed by atoms with Crippen LogP contribution in [0.2, 0.25) is 0 Å². The van der Waals surface area contributed by atoms with Crippen LogP contribution in [0.3, 0.4) is 0 Å². The SMILES string of the molecule is CCOCCNC(=NC)NCCCc1cccc(OC)c1. The highest BCUT2D eigenvalue weighted by atomic mass is 16.5. The van der Waals surface area contributed by atoms with Crippen molar-refractivity contribution in [2.24, 2.45) is 4.99 Å². The number of benzene rings is 1. The molecular formula is C16H27N3O2. The van der Waals surface area contributed by atoms with E-state index in [-0.39, 0.29) is 0 Å². The van der Waals surface area contributed by atoms with Gasteiger partial charge in [-0.2, -0.15) is 0 Å². The Bertz CT molecular complexity index is 422. The molecule has 5 nitrogen and oxygen atoms in total. The van der Waals surface area contributed by atoms with Gasteiger partial charge >= 0.3 is 0 Å². The van der Waals surface area contributed by atoms with Gasteiger partial charge in [-0.05, 0) is 37.5 Å². The maximum Gasteiger partial charge on any atom is 0.191 e. The van der Waals surface area contributed by atoms with Crippen molar-refractivity contribution in [3.63, 3.8) is 0 Å². The first-order valence-electron chi connectivity index (χ1n) is 7.45. The Hall–Kier alpha value is -1.75. The minimum atomic E-state index is 0.695. The fourth-order valence-corrected chi connectivity index (χ4v) is 1.93. The molecule has 0 aliphatic rings. The van der Waals surface area contributed by atoms with E-state index in [1.165, 1.54) is 5.56 Å². The van der Waals surface area contributed by atoms with Crippen LogP contribution in [0.4, 0.5) is 0 Å². The molecule has 0 spiro atoms. The van der Waals surface area contributed by atoms with Gasteiger partial charge in [-0.15, -0.1) is 0 Å². The Kier molecular flexibility index (Phi) is 9.04. The molecule has 1 aromatic rings. The number of hydrogen-bond donors (Lipinski definition) is 2. The summed E-state index contributed by atoms with van der Waals surface area (Å²) in [4.78, 5) is 4.18. The molecule has 0 saturated carbocycles. The number of hydrogen-bond acceptors (Lipinski definition) is 3. The summed E-state index contributed by atoms with van der Waals surface area (Å²) in [5.41, 5.74) is 1.29. The number of rotatable bonds is 9. The molecule has 118 valence electrons. The predicted octanol–water partition coefficient (Wildman–Crippen LogP) is 1.83. The van der Waals surface area contributed by atoms with Gasteiger partial charge in [0.1, 0.15) is 5.75 Å². The van der Waals surface area contributed by atoms with Crippen molar-refractivity contribution in [2.75, 3.05) is 40.5 Å². The molecule has 0 fully saturated rings. The molecule has 0 saturated heterocycles. The largest absolute Gasteiger partial charge is 0.497 e. The van der Waals surface area contributed by atoms with Gasteiger partial charge in [0.15, 0.2) is 5.96 Å². The smallest absolute Gasteiger partial charge is 0.191 e. The highest BCUT2D eigenvalue weighted by molar-refractivity contribution is 5.79. The topological polar surface area (TPSA) is 54.9 Å². The first-order chi connectivity index (χ1) is 10.3. The average Bonchev–Trinajstić information content (AvgIpc) is 2.53. The third-order valence-electron chi connectivity index (χ3n) is 3.04. The molecular weight excluding hydrogens is 266 g/mol. The summed E-state index contributed by atoms with van der Waals surface area (Å²) >= 11 is 0. The van der Waals surface area contributed by atoms with Gasteiger partial charge in [-0.3, -0.25) is 4.99 Å². The third-order valence-corrected chi connectivity index (χ3v) is 3.04. The quantitative estimate of drug-likeness (QED) is 0.414. The van der Waals surface area contributed by atoms with Crippen molar-refractivity contribution < 1.29 is 9.47 Å². The predicted molar refractivity (Wildman–Crippen MR) is 87.2 cm³/mol. The maximum absolute atomic E-state index is 5.28. The van der Waals surface area contributed by atoms with Crippen molar-refractivity contribution in [3.05, 3.63) is 29.8 Å². The summed E-state index contributed by atoms with van der Waals surface area (Å²) in [5.74, 6) is 1.73. The summed E-state index contributed by atoms with van der Waals surface area (Å²) in [7, 11) is 3.47. The lowest BCUT2D eigenvalue weighted by Crippen LogP contribution is -2.39. The second-order valence-electron chi connectivity index (χ2n) is 4.58. The van der Waals surface area contributed by atoms with E-state index in [1.54, 1.807) is 14.2 Å². The number of nitrogens with zero attached hydrogens (tertiary/aromatic N) is 1. The first kappa shape index (κ1) is 17.3. The molecule has 21 heavy (non-hydrogen) atoms. The lowest BCUT2D eigenvalue weighted by atomic mass is 10.1. The molecule has 5 heteroatoms. The molecule has 0 atom stereocenters. The summed E-state index contributed by atoms with van der Waals surface area (Å²) in [6, 6.07) is 8.19. The monoisotopic (exact) mass is 293 g/mol. The van der Waals surface area contributed by atoms with E-state index in [0.29, 0.717) is 6.61 Å². The van der Waals surface area contributed by atoms with Crippen molar-refractivity contribution in [1.29, 1.82) is 0 Å². The van der Waals surface area contributed by atoms with Crippen LogP contribution in [-0.2, 0) is 11.2 Å². The number of aliphatic imine (C=N–C) groups is 1. The number of guanidine groups is 1. The number of ether oxygens (including phenoxy) is 2. The molecule has 0 radical (unpaired) electrons. The molecule has 0 heterocycles. The summed E-state index contributed by atoms with van der Waals surface area (Å²) in [6.07, 6.45) is 2.06. The minimum absolute atomic E-state index is 0.695. The van der Waals surface area contributed by atoms with E-state index in [9.17, 15) is 0 Å². The molecule has 2 N–H and O–H groups in total. The van der Waals surface area contributed by atoms with Crippen molar-refractivity contribution in [1.82, 2.24) is 10.6 Å². The van der Waals surface area contributed by atoms with Gasteiger partial charge in [0.05, 0.1) is 13.7 Å². The zero-order valence-electron chi connectivity index (χ0n) is 13.3. The first-order valence-corrected chi connectivity index (χ1v) is 7.45. The van der Waals surface area contributed by atoms with Crippen molar-refractivity contribution >= 4 is 5.96 Å². The Morgan fingerprint density at radius 1 is 1.24 bits per heavy atom. The van der Waals surface area contributed by atoms with Crippen LogP contribution in [0, 0.1) is 0 Å². The van der Waals surface area contributed by atoms with Gasteiger partial charge in [0.2, 0.25) is 0 Å². The van der Waals surface area contributed by atoms with E-state index in [1.807, 2.05) is 19.1 Å². The Morgan fingerprint density at radius 2 is 2.05 bits per heavy atom. The Morgan fingerprint density at radius 3 is 2.76 bits per heavy atom. The Labute approximate surface area is 127 Å². The number of nitrogens with one attached hydrogen (secondary N) is 2. The second-order valence-corrected chi connectivity index (χ2v) is 4.58. The molecule has 1 rings (SSSR count). The van der Waals surface area contributed by atoms with Crippen LogP contribution in [0.1, 0.15) is 18.9 Å². The van der Waals surface area contributed by atoms with Gasteiger partial charge in [0.25, 0.3) is 0 Å². The van der Waals surface area contributed by atoms with Crippen LogP contribution < -0.4 is 15.4 Å². The lowest BCUT2D eigenvalue weighted by molar-refractivity contribution is 0.152. The van der Waals surface area contributed by atoms with E-state index in [2.05, 4.69) is 27.8 Å². The molecule has 0 amide bonds. The summed E-state index contributed by atoms with van der Waals surface area (Å²) in [5, 5.41) is 6.51. The lowest BCUT2D eigenvalue weighted by Gasteiger charge is -2.12. The van der Waals surface area contributed by atoms with Crippen LogP contribution in [0.25, 0.3) is 0 Å². The van der Waals surface area contributed by atoms with Crippen LogP contribution >= 0.6 is 0 Å². The molecule has 0 bridgehead atoms. The standard InChI is InChI=1S/C16H27N3O2/c1-4-21-12-11-19-16(17-2)18-10-6-8-14-7-5-9-15(13-14)20-3/h5,7,9,13H,4,6,8,10-12H2,1-3H3,(H2,17,18,19). The van der Waals surface area contributed by atoms with E-state index < -0.39 is 0 Å². The third kappa shape index (κ3) is 7.56. The summed E-state index contributed by atoms with van der Waals surface area (Å²) < 4.78 is 10.5. The maximum atomic E-state index is 5.28. The van der Waals surface area contributed by atoms with Crippen molar-refractivity contribution in [3.8, 4) is 5.75 Å². The van der Waals surface area contributed by atoms with Crippen LogP contribution in [0.5, 0.6) is 5.75 Å². The average molecular weight is 293 g/mol. The highest BCUT2D eigenvalue weighted by Crippen LogP contribution is 2.13. The number of methoxy groups -OCH3 is 1. The summed E-state index contributed by atoms with van der Waals surface area (Å²) in [6.45, 7) is 5.08. The fraction of sp³-hybridized carbons (Fsp3) is 0.562. The van der Waals surface area contributed by atoms with Crippen molar-refractivity contribution in [2.45, 2.75) is 19.8 Å². The van der Waals surface area contributed by atoms with Gasteiger partial charge in [-0.1, -0.05) is 12.1 Å². The fourth-order valence-electron chi connectivity index (χ4n) is 1.93. The van der Waals surface area contributed by atoms with Gasteiger partial charge < -0.3 is 20.1 Å². The molecule has 0 aliphatic carbocycles. The second kappa shape index (κ2) is 11.0. The molecule has 0 aliphatic heterocycles. The minimum Gasteiger partial charge on any atom is -0.497 e. The molecule has 0 aromatic heterocycles. The highest BCUT2D eigenvalue weighted by Gasteiger charge is 1.98. The Balaban J connectivity index is 2.19. The molecule has 0 unspecified atom stereocenters. The molecule has 1 aromatic carbocycles. The zero-order chi connectivity index (χ0) is 15.3. The van der Waals surface area contributed by atoms with Crippen LogP contribution in [-0.4, -0.2) is 46.4 Å². The van der Waals surface area contributed by atoms with E-state index in [0.717, 1.165) is 44.2 Å². The van der Waals surface area contributed by atoms with E-state index in [4.69, 9.17) is 9.47 Å². The van der Waals surface area contributed by atoms with Crippen LogP contribution in [0.15, 0.2) is 29.3 Å². The zero-order valence-corrected chi connectivity index (χ0v) is 13.3. The van der Waals surface area contributed by atoms with E-state index >= 15 is 0 Å². The van der Waals surface area contributed by atoms with Gasteiger partial charge in [0, 0.05) is 26.7 Å². The van der Waals surface area contributed by atoms with Gasteiger partial charge in [-0.25, -0.2) is 0 Å². The number of aryl methyl sites for hydroxylation is 1. The normalized spacial score (nSPS) is 11.3.